The van der Waals surface area contributed by atoms with Gasteiger partial charge in [-0.25, -0.2) is 19.6 Å². The van der Waals surface area contributed by atoms with Crippen LogP contribution < -0.4 is 15.1 Å². The highest BCUT2D eigenvalue weighted by Gasteiger charge is 2.22. The van der Waals surface area contributed by atoms with Gasteiger partial charge in [-0.3, -0.25) is 4.79 Å². The molecule has 1 saturated heterocycles. The average Bonchev–Trinajstić information content (AvgIpc) is 3.27. The number of aromatic nitrogens is 5. The fourth-order valence-electron chi connectivity index (χ4n) is 4.03. The summed E-state index contributed by atoms with van der Waals surface area (Å²) in [6.07, 6.45) is 5.12. The second kappa shape index (κ2) is 9.23. The molecule has 1 aliphatic rings. The molecule has 4 aromatic rings. The van der Waals surface area contributed by atoms with E-state index < -0.39 is 0 Å². The molecule has 0 spiro atoms. The summed E-state index contributed by atoms with van der Waals surface area (Å²) in [7, 11) is 0. The molecule has 0 aliphatic carbocycles. The van der Waals surface area contributed by atoms with Crippen LogP contribution in [0.25, 0.3) is 11.0 Å². The summed E-state index contributed by atoms with van der Waals surface area (Å²) in [5.74, 6) is 1.74. The summed E-state index contributed by atoms with van der Waals surface area (Å²) in [5.41, 5.74) is 2.92. The minimum Gasteiger partial charge on any atom is -0.353 e. The smallest absolute Gasteiger partial charge is 0.242 e. The second-order valence-corrected chi connectivity index (χ2v) is 8.16. The molecule has 4 heterocycles. The fourth-order valence-corrected chi connectivity index (χ4v) is 4.03. The zero-order valence-corrected chi connectivity index (χ0v) is 18.6. The number of hydrogen-bond donors (Lipinski definition) is 1. The first-order valence-corrected chi connectivity index (χ1v) is 11.1. The molecule has 0 unspecified atom stereocenters. The van der Waals surface area contributed by atoms with Gasteiger partial charge in [0.05, 0.1) is 11.6 Å². The number of anilines is 2. The van der Waals surface area contributed by atoms with Crippen molar-refractivity contribution in [1.82, 2.24) is 30.0 Å². The highest BCUT2D eigenvalue weighted by Crippen LogP contribution is 2.24. The number of hydrogen-bond acceptors (Lipinski definition) is 7. The Kier molecular flexibility index (Phi) is 5.84. The van der Waals surface area contributed by atoms with Gasteiger partial charge >= 0.3 is 0 Å². The van der Waals surface area contributed by atoms with Crippen LogP contribution in [0.15, 0.2) is 61.2 Å². The monoisotopic (exact) mass is 442 g/mol. The Labute approximate surface area is 192 Å². The molecule has 1 aliphatic heterocycles. The molecule has 1 amide bonds. The second-order valence-electron chi connectivity index (χ2n) is 8.16. The van der Waals surface area contributed by atoms with Crippen molar-refractivity contribution >= 4 is 28.6 Å². The Morgan fingerprint density at radius 3 is 2.52 bits per heavy atom. The van der Waals surface area contributed by atoms with Gasteiger partial charge < -0.3 is 15.1 Å². The Morgan fingerprint density at radius 1 is 0.970 bits per heavy atom. The molecule has 0 radical (unpaired) electrons. The third-order valence-corrected chi connectivity index (χ3v) is 5.87. The van der Waals surface area contributed by atoms with Gasteiger partial charge in [-0.2, -0.15) is 5.10 Å². The van der Waals surface area contributed by atoms with E-state index in [1.165, 1.54) is 5.56 Å². The maximum absolute atomic E-state index is 12.5. The Balaban J connectivity index is 1.24. The first-order valence-electron chi connectivity index (χ1n) is 11.1. The molecule has 9 nitrogen and oxygen atoms in total. The molecule has 1 aromatic carbocycles. The van der Waals surface area contributed by atoms with Gasteiger partial charge in [0.2, 0.25) is 5.91 Å². The van der Waals surface area contributed by atoms with Crippen molar-refractivity contribution < 1.29 is 4.79 Å². The molecule has 0 atom stereocenters. The number of carbonyl (C=O) groups excluding carboxylic acids is 1. The van der Waals surface area contributed by atoms with E-state index in [1.807, 2.05) is 55.6 Å². The van der Waals surface area contributed by atoms with Crippen LogP contribution in [-0.4, -0.2) is 56.8 Å². The molecule has 33 heavy (non-hydrogen) atoms. The van der Waals surface area contributed by atoms with Gasteiger partial charge in [0, 0.05) is 38.9 Å². The minimum atomic E-state index is -0.107. The number of carbonyl (C=O) groups is 1. The SMILES string of the molecule is Cc1ccc(CNC(=O)Cn2ncc3c(N4CCN(c5ccccn5)CC4)ncnc32)cc1. The predicted octanol–water partition coefficient (Wildman–Crippen LogP) is 2.17. The highest BCUT2D eigenvalue weighted by molar-refractivity contribution is 5.88. The van der Waals surface area contributed by atoms with Gasteiger partial charge in [-0.1, -0.05) is 35.9 Å². The van der Waals surface area contributed by atoms with Gasteiger partial charge in [0.1, 0.15) is 24.5 Å². The van der Waals surface area contributed by atoms with Crippen LogP contribution in [0.2, 0.25) is 0 Å². The van der Waals surface area contributed by atoms with E-state index in [9.17, 15) is 4.79 Å². The number of fused-ring (bicyclic) bond motifs is 1. The van der Waals surface area contributed by atoms with E-state index in [1.54, 1.807) is 17.2 Å². The van der Waals surface area contributed by atoms with E-state index in [0.717, 1.165) is 48.8 Å². The normalized spacial score (nSPS) is 14.0. The molecule has 5 rings (SSSR count). The first kappa shape index (κ1) is 20.9. The molecule has 1 fully saturated rings. The largest absolute Gasteiger partial charge is 0.353 e. The van der Waals surface area contributed by atoms with Crippen LogP contribution in [0.5, 0.6) is 0 Å². The zero-order chi connectivity index (χ0) is 22.6. The van der Waals surface area contributed by atoms with Crippen LogP contribution in [0, 0.1) is 6.92 Å². The minimum absolute atomic E-state index is 0.107. The van der Waals surface area contributed by atoms with Crippen LogP contribution >= 0.6 is 0 Å². The maximum atomic E-state index is 12.5. The molecular formula is C24H26N8O. The van der Waals surface area contributed by atoms with Crippen LogP contribution in [0.4, 0.5) is 11.6 Å². The maximum Gasteiger partial charge on any atom is 0.242 e. The summed E-state index contributed by atoms with van der Waals surface area (Å²) in [6, 6.07) is 14.1. The molecule has 9 heteroatoms. The summed E-state index contributed by atoms with van der Waals surface area (Å²) in [6.45, 7) is 6.01. The lowest BCUT2D eigenvalue weighted by Crippen LogP contribution is -2.47. The third-order valence-electron chi connectivity index (χ3n) is 5.87. The lowest BCUT2D eigenvalue weighted by molar-refractivity contribution is -0.121. The molecule has 0 saturated carbocycles. The lowest BCUT2D eigenvalue weighted by Gasteiger charge is -2.36. The van der Waals surface area contributed by atoms with Gasteiger partial charge in [0.15, 0.2) is 5.65 Å². The van der Waals surface area contributed by atoms with E-state index in [0.29, 0.717) is 12.2 Å². The number of amides is 1. The van der Waals surface area contributed by atoms with Crippen molar-refractivity contribution in [3.05, 3.63) is 72.3 Å². The van der Waals surface area contributed by atoms with E-state index in [-0.39, 0.29) is 12.5 Å². The summed E-state index contributed by atoms with van der Waals surface area (Å²) >= 11 is 0. The summed E-state index contributed by atoms with van der Waals surface area (Å²) in [5, 5.41) is 8.24. The third kappa shape index (κ3) is 4.62. The number of benzene rings is 1. The molecular weight excluding hydrogens is 416 g/mol. The summed E-state index contributed by atoms with van der Waals surface area (Å²) < 4.78 is 1.63. The Bertz CT molecular complexity index is 1230. The zero-order valence-electron chi connectivity index (χ0n) is 18.6. The summed E-state index contributed by atoms with van der Waals surface area (Å²) in [4.78, 5) is 30.4. The van der Waals surface area contributed by atoms with Crippen molar-refractivity contribution in [2.45, 2.75) is 20.0 Å². The standard InChI is InChI=1S/C24H26N8O/c1-18-5-7-19(8-6-18)14-26-22(33)16-32-24-20(15-29-32)23(27-17-28-24)31-12-10-30(11-13-31)21-4-2-3-9-25-21/h2-9,15,17H,10-14,16H2,1H3,(H,26,33). The van der Waals surface area contributed by atoms with Crippen molar-refractivity contribution in [2.75, 3.05) is 36.0 Å². The van der Waals surface area contributed by atoms with E-state index in [2.05, 4.69) is 35.2 Å². The molecule has 3 aromatic heterocycles. The highest BCUT2D eigenvalue weighted by atomic mass is 16.2. The number of aryl methyl sites for hydroxylation is 1. The van der Waals surface area contributed by atoms with E-state index in [4.69, 9.17) is 0 Å². The number of nitrogens with zero attached hydrogens (tertiary/aromatic N) is 7. The van der Waals surface area contributed by atoms with Gasteiger partial charge in [-0.15, -0.1) is 0 Å². The predicted molar refractivity (Wildman–Crippen MR) is 127 cm³/mol. The fraction of sp³-hybridized carbons (Fsp3) is 0.292. The number of rotatable bonds is 6. The van der Waals surface area contributed by atoms with Crippen molar-refractivity contribution in [3.63, 3.8) is 0 Å². The van der Waals surface area contributed by atoms with Crippen molar-refractivity contribution in [2.24, 2.45) is 0 Å². The topological polar surface area (TPSA) is 92.1 Å². The van der Waals surface area contributed by atoms with Gasteiger partial charge in [-0.05, 0) is 24.6 Å². The first-order chi connectivity index (χ1) is 16.2. The van der Waals surface area contributed by atoms with Gasteiger partial charge in [0.25, 0.3) is 0 Å². The number of piperazine rings is 1. The van der Waals surface area contributed by atoms with Crippen molar-refractivity contribution in [3.8, 4) is 0 Å². The van der Waals surface area contributed by atoms with Crippen molar-refractivity contribution in [1.29, 1.82) is 0 Å². The number of pyridine rings is 1. The Hall–Kier alpha value is -4.01. The Morgan fingerprint density at radius 2 is 1.76 bits per heavy atom. The quantitative estimate of drug-likeness (QED) is 0.489. The van der Waals surface area contributed by atoms with Crippen LogP contribution in [-0.2, 0) is 17.9 Å². The lowest BCUT2D eigenvalue weighted by atomic mass is 10.1. The number of nitrogens with one attached hydrogen (secondary N) is 1. The molecule has 1 N–H and O–H groups in total. The molecule has 0 bridgehead atoms. The van der Waals surface area contributed by atoms with Crippen LogP contribution in [0.3, 0.4) is 0 Å². The van der Waals surface area contributed by atoms with Crippen LogP contribution in [0.1, 0.15) is 11.1 Å². The van der Waals surface area contributed by atoms with E-state index >= 15 is 0 Å². The molecule has 168 valence electrons. The average molecular weight is 443 g/mol.